The van der Waals surface area contributed by atoms with E-state index in [4.69, 9.17) is 0 Å². The lowest BCUT2D eigenvalue weighted by atomic mass is 9.93. The van der Waals surface area contributed by atoms with Gasteiger partial charge in [0.25, 0.3) is 0 Å². The highest BCUT2D eigenvalue weighted by Gasteiger charge is 2.43. The standard InChI is InChI=1S/C13H21N3O2/c17-12-10(5-2-6-14-12)16-13(18)11-9-4-1-3-8(9)7-15-11/h8-11,15H,1-7H2,(H,14,17)(H,16,18). The van der Waals surface area contributed by atoms with Crippen LogP contribution in [0.25, 0.3) is 0 Å². The van der Waals surface area contributed by atoms with E-state index in [0.29, 0.717) is 11.8 Å². The molecule has 2 heterocycles. The molecule has 2 saturated heterocycles. The summed E-state index contributed by atoms with van der Waals surface area (Å²) in [5.41, 5.74) is 0. The molecule has 2 amide bonds. The number of rotatable bonds is 2. The quantitative estimate of drug-likeness (QED) is 0.635. The fourth-order valence-corrected chi connectivity index (χ4v) is 3.65. The zero-order valence-corrected chi connectivity index (χ0v) is 10.6. The maximum atomic E-state index is 12.2. The Labute approximate surface area is 107 Å². The molecule has 3 N–H and O–H groups in total. The molecule has 1 aliphatic carbocycles. The molecule has 0 bridgehead atoms. The molecule has 3 rings (SSSR count). The molecule has 100 valence electrons. The summed E-state index contributed by atoms with van der Waals surface area (Å²) in [6, 6.07) is -0.402. The number of amides is 2. The van der Waals surface area contributed by atoms with Crippen molar-refractivity contribution in [2.45, 2.75) is 44.2 Å². The number of piperidine rings is 1. The first kappa shape index (κ1) is 12.0. The van der Waals surface area contributed by atoms with Crippen molar-refractivity contribution in [3.8, 4) is 0 Å². The summed E-state index contributed by atoms with van der Waals surface area (Å²) < 4.78 is 0. The van der Waals surface area contributed by atoms with Crippen LogP contribution < -0.4 is 16.0 Å². The van der Waals surface area contributed by atoms with Crippen molar-refractivity contribution >= 4 is 11.8 Å². The van der Waals surface area contributed by atoms with E-state index in [0.717, 1.165) is 32.4 Å². The van der Waals surface area contributed by atoms with Gasteiger partial charge in [-0.05, 0) is 44.1 Å². The van der Waals surface area contributed by atoms with Gasteiger partial charge in [0.1, 0.15) is 6.04 Å². The summed E-state index contributed by atoms with van der Waals surface area (Å²) in [6.45, 7) is 1.69. The van der Waals surface area contributed by atoms with Gasteiger partial charge in [0.05, 0.1) is 6.04 Å². The highest BCUT2D eigenvalue weighted by molar-refractivity contribution is 5.90. The van der Waals surface area contributed by atoms with E-state index in [1.54, 1.807) is 0 Å². The van der Waals surface area contributed by atoms with Gasteiger partial charge in [-0.15, -0.1) is 0 Å². The Bertz CT molecular complexity index is 358. The Hall–Kier alpha value is -1.10. The molecular formula is C13H21N3O2. The normalized spacial score (nSPS) is 39.2. The molecule has 0 aromatic carbocycles. The molecule has 3 fully saturated rings. The van der Waals surface area contributed by atoms with E-state index in [9.17, 15) is 9.59 Å². The molecule has 3 aliphatic rings. The van der Waals surface area contributed by atoms with Gasteiger partial charge in [-0.2, -0.15) is 0 Å². The molecule has 4 atom stereocenters. The highest BCUT2D eigenvalue weighted by atomic mass is 16.2. The third-order valence-electron chi connectivity index (χ3n) is 4.63. The predicted molar refractivity (Wildman–Crippen MR) is 66.8 cm³/mol. The van der Waals surface area contributed by atoms with Crippen molar-refractivity contribution in [2.24, 2.45) is 11.8 Å². The topological polar surface area (TPSA) is 70.2 Å². The van der Waals surface area contributed by atoms with Gasteiger partial charge < -0.3 is 16.0 Å². The Morgan fingerprint density at radius 3 is 2.94 bits per heavy atom. The first-order valence-corrected chi connectivity index (χ1v) is 7.07. The number of carbonyl (C=O) groups is 2. The fourth-order valence-electron chi connectivity index (χ4n) is 3.65. The van der Waals surface area contributed by atoms with Crippen molar-refractivity contribution in [1.82, 2.24) is 16.0 Å². The molecule has 18 heavy (non-hydrogen) atoms. The zero-order valence-electron chi connectivity index (χ0n) is 10.6. The van der Waals surface area contributed by atoms with Gasteiger partial charge in [0, 0.05) is 6.54 Å². The van der Waals surface area contributed by atoms with E-state index in [2.05, 4.69) is 16.0 Å². The molecule has 0 radical (unpaired) electrons. The van der Waals surface area contributed by atoms with Gasteiger partial charge in [-0.3, -0.25) is 9.59 Å². The minimum atomic E-state index is -0.325. The lowest BCUT2D eigenvalue weighted by molar-refractivity contribution is -0.131. The molecule has 0 spiro atoms. The molecule has 0 aromatic heterocycles. The van der Waals surface area contributed by atoms with Gasteiger partial charge in [0.15, 0.2) is 0 Å². The SMILES string of the molecule is O=C1NCCCC1NC(=O)C1NCC2CCCC21. The second kappa shape index (κ2) is 4.88. The molecular weight excluding hydrogens is 230 g/mol. The summed E-state index contributed by atoms with van der Waals surface area (Å²) >= 11 is 0. The van der Waals surface area contributed by atoms with Crippen LogP contribution in [0.4, 0.5) is 0 Å². The maximum absolute atomic E-state index is 12.2. The average molecular weight is 251 g/mol. The second-order valence-electron chi connectivity index (χ2n) is 5.74. The van der Waals surface area contributed by atoms with E-state index in [1.165, 1.54) is 12.8 Å². The highest BCUT2D eigenvalue weighted by Crippen LogP contribution is 2.37. The van der Waals surface area contributed by atoms with Crippen LogP contribution in [0.1, 0.15) is 32.1 Å². The Morgan fingerprint density at radius 1 is 1.22 bits per heavy atom. The summed E-state index contributed by atoms with van der Waals surface area (Å²) in [7, 11) is 0. The van der Waals surface area contributed by atoms with Crippen LogP contribution in [0.3, 0.4) is 0 Å². The summed E-state index contributed by atoms with van der Waals surface area (Å²) in [6.07, 6.45) is 5.34. The largest absolute Gasteiger partial charge is 0.354 e. The third-order valence-corrected chi connectivity index (χ3v) is 4.63. The van der Waals surface area contributed by atoms with Crippen LogP contribution in [0.5, 0.6) is 0 Å². The monoisotopic (exact) mass is 251 g/mol. The van der Waals surface area contributed by atoms with Gasteiger partial charge >= 0.3 is 0 Å². The van der Waals surface area contributed by atoms with Gasteiger partial charge in [-0.25, -0.2) is 0 Å². The van der Waals surface area contributed by atoms with Crippen LogP contribution >= 0.6 is 0 Å². The Balaban J connectivity index is 1.59. The van der Waals surface area contributed by atoms with Gasteiger partial charge in [0.2, 0.25) is 11.8 Å². The minimum Gasteiger partial charge on any atom is -0.354 e. The van der Waals surface area contributed by atoms with Crippen molar-refractivity contribution in [3.63, 3.8) is 0 Å². The Kier molecular flexibility index (Phi) is 3.24. The molecule has 5 nitrogen and oxygen atoms in total. The van der Waals surface area contributed by atoms with Crippen molar-refractivity contribution in [3.05, 3.63) is 0 Å². The minimum absolute atomic E-state index is 0.0199. The number of hydrogen-bond acceptors (Lipinski definition) is 3. The van der Waals surface area contributed by atoms with Crippen LogP contribution in [-0.2, 0) is 9.59 Å². The summed E-state index contributed by atoms with van der Waals surface area (Å²) in [4.78, 5) is 23.9. The zero-order chi connectivity index (χ0) is 12.5. The van der Waals surface area contributed by atoms with Crippen molar-refractivity contribution < 1.29 is 9.59 Å². The number of carbonyl (C=O) groups excluding carboxylic acids is 2. The van der Waals surface area contributed by atoms with Crippen LogP contribution in [0, 0.1) is 11.8 Å². The molecule has 4 unspecified atom stereocenters. The van der Waals surface area contributed by atoms with Gasteiger partial charge in [-0.1, -0.05) is 6.42 Å². The number of fused-ring (bicyclic) bond motifs is 1. The first-order valence-electron chi connectivity index (χ1n) is 7.07. The molecule has 1 saturated carbocycles. The Morgan fingerprint density at radius 2 is 2.11 bits per heavy atom. The molecule has 5 heteroatoms. The van der Waals surface area contributed by atoms with E-state index >= 15 is 0 Å². The van der Waals surface area contributed by atoms with Crippen LogP contribution in [0.15, 0.2) is 0 Å². The van der Waals surface area contributed by atoms with E-state index < -0.39 is 0 Å². The van der Waals surface area contributed by atoms with Crippen molar-refractivity contribution in [1.29, 1.82) is 0 Å². The predicted octanol–water partition coefficient (Wildman–Crippen LogP) is -0.231. The van der Waals surface area contributed by atoms with Crippen molar-refractivity contribution in [2.75, 3.05) is 13.1 Å². The third kappa shape index (κ3) is 2.11. The average Bonchev–Trinajstić information content (AvgIpc) is 2.93. The lowest BCUT2D eigenvalue weighted by Crippen LogP contribution is -2.54. The second-order valence-corrected chi connectivity index (χ2v) is 5.74. The summed E-state index contributed by atoms with van der Waals surface area (Å²) in [5, 5.41) is 9.03. The summed E-state index contributed by atoms with van der Waals surface area (Å²) in [5.74, 6) is 1.14. The van der Waals surface area contributed by atoms with Crippen LogP contribution in [0.2, 0.25) is 0 Å². The molecule has 2 aliphatic heterocycles. The maximum Gasteiger partial charge on any atom is 0.242 e. The van der Waals surface area contributed by atoms with E-state index in [1.807, 2.05) is 0 Å². The van der Waals surface area contributed by atoms with Crippen LogP contribution in [-0.4, -0.2) is 37.0 Å². The smallest absolute Gasteiger partial charge is 0.242 e. The molecule has 0 aromatic rings. The fraction of sp³-hybridized carbons (Fsp3) is 0.846. The number of nitrogens with one attached hydrogen (secondary N) is 3. The first-order chi connectivity index (χ1) is 8.75. The number of hydrogen-bond donors (Lipinski definition) is 3. The van der Waals surface area contributed by atoms with E-state index in [-0.39, 0.29) is 23.9 Å². The lowest BCUT2D eigenvalue weighted by Gasteiger charge is -2.25.